The van der Waals surface area contributed by atoms with Gasteiger partial charge in [0.15, 0.2) is 0 Å². The minimum absolute atomic E-state index is 0.137. The second kappa shape index (κ2) is 5.35. The third-order valence-electron chi connectivity index (χ3n) is 2.34. The lowest BCUT2D eigenvalue weighted by atomic mass is 9.99. The summed E-state index contributed by atoms with van der Waals surface area (Å²) >= 11 is 5.91. The summed E-state index contributed by atoms with van der Waals surface area (Å²) < 4.78 is 0. The van der Waals surface area contributed by atoms with Crippen molar-refractivity contribution in [1.29, 1.82) is 0 Å². The maximum absolute atomic E-state index is 9.01. The zero-order chi connectivity index (χ0) is 10.6. The summed E-state index contributed by atoms with van der Waals surface area (Å²) in [7, 11) is 0. The molecule has 0 aliphatic heterocycles. The summed E-state index contributed by atoms with van der Waals surface area (Å²) in [6.07, 6.45) is 0.811. The lowest BCUT2D eigenvalue weighted by molar-refractivity contribution is 0.230. The summed E-state index contributed by atoms with van der Waals surface area (Å²) in [4.78, 5) is 0. The number of halogens is 1. The molecule has 0 saturated carbocycles. The maximum atomic E-state index is 9.01. The van der Waals surface area contributed by atoms with Crippen molar-refractivity contribution in [3.8, 4) is 0 Å². The fraction of sp³-hybridized carbons (Fsp3) is 0.455. The van der Waals surface area contributed by atoms with Gasteiger partial charge in [-0.25, -0.2) is 0 Å². The predicted octanol–water partition coefficient (Wildman–Crippen LogP) is 1.76. The van der Waals surface area contributed by atoms with Crippen LogP contribution in [-0.4, -0.2) is 18.3 Å². The number of nitrogens with two attached hydrogens (primary N) is 1. The van der Waals surface area contributed by atoms with E-state index in [0.29, 0.717) is 6.54 Å². The van der Waals surface area contributed by atoms with Crippen LogP contribution >= 0.6 is 11.6 Å². The van der Waals surface area contributed by atoms with Crippen LogP contribution in [0.2, 0.25) is 5.02 Å². The molecule has 0 saturated heterocycles. The number of hydrogen-bond acceptors (Lipinski definition) is 2. The quantitative estimate of drug-likeness (QED) is 0.801. The number of rotatable bonds is 4. The molecule has 0 bridgehead atoms. The first-order valence-electron chi connectivity index (χ1n) is 4.73. The highest BCUT2D eigenvalue weighted by Crippen LogP contribution is 2.18. The lowest BCUT2D eigenvalue weighted by Crippen LogP contribution is -2.20. The summed E-state index contributed by atoms with van der Waals surface area (Å²) in [5, 5.41) is 9.78. The van der Waals surface area contributed by atoms with Crippen molar-refractivity contribution in [3.05, 3.63) is 34.3 Å². The fourth-order valence-corrected chi connectivity index (χ4v) is 1.51. The van der Waals surface area contributed by atoms with Crippen LogP contribution in [0.5, 0.6) is 0 Å². The third kappa shape index (κ3) is 2.98. The SMILES string of the molecule is Cc1cc(CC(CN)CO)ccc1Cl. The molecule has 2 nitrogen and oxygen atoms in total. The summed E-state index contributed by atoms with van der Waals surface area (Å²) in [6.45, 7) is 2.62. The number of aliphatic hydroxyl groups excluding tert-OH is 1. The molecular weight excluding hydrogens is 198 g/mol. The average Bonchev–Trinajstić information content (AvgIpc) is 2.19. The highest BCUT2D eigenvalue weighted by atomic mass is 35.5. The first kappa shape index (κ1) is 11.5. The van der Waals surface area contributed by atoms with Crippen molar-refractivity contribution in [2.45, 2.75) is 13.3 Å². The number of benzene rings is 1. The smallest absolute Gasteiger partial charge is 0.0474 e. The van der Waals surface area contributed by atoms with Gasteiger partial charge in [-0.3, -0.25) is 0 Å². The lowest BCUT2D eigenvalue weighted by Gasteiger charge is -2.11. The standard InChI is InChI=1S/C11H16ClNO/c1-8-4-9(2-3-11(8)12)5-10(6-13)7-14/h2-4,10,14H,5-7,13H2,1H3. The molecular formula is C11H16ClNO. The van der Waals surface area contributed by atoms with Gasteiger partial charge in [-0.1, -0.05) is 23.7 Å². The van der Waals surface area contributed by atoms with Gasteiger partial charge in [-0.15, -0.1) is 0 Å². The molecule has 1 atom stereocenters. The van der Waals surface area contributed by atoms with Crippen LogP contribution in [-0.2, 0) is 6.42 Å². The maximum Gasteiger partial charge on any atom is 0.0474 e. The van der Waals surface area contributed by atoms with E-state index in [0.717, 1.165) is 17.0 Å². The van der Waals surface area contributed by atoms with Gasteiger partial charge in [0.25, 0.3) is 0 Å². The van der Waals surface area contributed by atoms with Gasteiger partial charge in [-0.2, -0.15) is 0 Å². The second-order valence-corrected chi connectivity index (χ2v) is 3.98. The molecule has 1 rings (SSSR count). The first-order valence-corrected chi connectivity index (χ1v) is 5.11. The van der Waals surface area contributed by atoms with Gasteiger partial charge in [-0.05, 0) is 43.0 Å². The minimum Gasteiger partial charge on any atom is -0.396 e. The molecule has 1 aromatic rings. The van der Waals surface area contributed by atoms with Gasteiger partial charge < -0.3 is 10.8 Å². The molecule has 78 valence electrons. The Kier molecular flexibility index (Phi) is 4.39. The number of hydrogen-bond donors (Lipinski definition) is 2. The van der Waals surface area contributed by atoms with E-state index in [-0.39, 0.29) is 12.5 Å². The highest BCUT2D eigenvalue weighted by Gasteiger charge is 2.06. The van der Waals surface area contributed by atoms with Crippen molar-refractivity contribution in [1.82, 2.24) is 0 Å². The van der Waals surface area contributed by atoms with E-state index in [1.165, 1.54) is 5.56 Å². The average molecular weight is 214 g/mol. The minimum atomic E-state index is 0.137. The van der Waals surface area contributed by atoms with E-state index in [9.17, 15) is 0 Å². The summed E-state index contributed by atoms with van der Waals surface area (Å²) in [5.41, 5.74) is 7.76. The Labute approximate surface area is 89.7 Å². The molecule has 0 fully saturated rings. The molecule has 0 aliphatic carbocycles. The van der Waals surface area contributed by atoms with Gasteiger partial charge in [0.05, 0.1) is 0 Å². The van der Waals surface area contributed by atoms with E-state index in [2.05, 4.69) is 0 Å². The van der Waals surface area contributed by atoms with Crippen LogP contribution in [0.4, 0.5) is 0 Å². The number of aryl methyl sites for hydroxylation is 1. The third-order valence-corrected chi connectivity index (χ3v) is 2.76. The molecule has 0 heterocycles. The Bertz CT molecular complexity index is 297. The predicted molar refractivity (Wildman–Crippen MR) is 59.5 cm³/mol. The van der Waals surface area contributed by atoms with Gasteiger partial charge in [0.2, 0.25) is 0 Å². The van der Waals surface area contributed by atoms with Gasteiger partial charge in [0, 0.05) is 11.6 Å². The molecule has 1 aromatic carbocycles. The van der Waals surface area contributed by atoms with E-state index < -0.39 is 0 Å². The van der Waals surface area contributed by atoms with Crippen molar-refractivity contribution in [2.75, 3.05) is 13.2 Å². The monoisotopic (exact) mass is 213 g/mol. The zero-order valence-corrected chi connectivity index (χ0v) is 9.09. The molecule has 0 aromatic heterocycles. The fourth-order valence-electron chi connectivity index (χ4n) is 1.39. The van der Waals surface area contributed by atoms with E-state index in [1.807, 2.05) is 25.1 Å². The van der Waals surface area contributed by atoms with Crippen molar-refractivity contribution in [2.24, 2.45) is 11.7 Å². The van der Waals surface area contributed by atoms with Crippen molar-refractivity contribution >= 4 is 11.6 Å². The van der Waals surface area contributed by atoms with Crippen LogP contribution in [0.3, 0.4) is 0 Å². The molecule has 1 unspecified atom stereocenters. The first-order chi connectivity index (χ1) is 6.67. The molecule has 3 N–H and O–H groups in total. The molecule has 0 amide bonds. The normalized spacial score (nSPS) is 12.9. The number of aliphatic hydroxyl groups is 1. The van der Waals surface area contributed by atoms with Crippen molar-refractivity contribution in [3.63, 3.8) is 0 Å². The van der Waals surface area contributed by atoms with Crippen LogP contribution in [0.25, 0.3) is 0 Å². The zero-order valence-electron chi connectivity index (χ0n) is 8.33. The van der Waals surface area contributed by atoms with Gasteiger partial charge >= 0.3 is 0 Å². The highest BCUT2D eigenvalue weighted by molar-refractivity contribution is 6.31. The Hall–Kier alpha value is -0.570. The van der Waals surface area contributed by atoms with E-state index in [4.69, 9.17) is 22.4 Å². The Morgan fingerprint density at radius 2 is 2.21 bits per heavy atom. The van der Waals surface area contributed by atoms with Gasteiger partial charge in [0.1, 0.15) is 0 Å². The topological polar surface area (TPSA) is 46.2 Å². The van der Waals surface area contributed by atoms with Crippen LogP contribution in [0, 0.1) is 12.8 Å². The largest absolute Gasteiger partial charge is 0.396 e. The Morgan fingerprint density at radius 1 is 1.50 bits per heavy atom. The summed E-state index contributed by atoms with van der Waals surface area (Å²) in [6, 6.07) is 5.91. The van der Waals surface area contributed by atoms with Crippen LogP contribution in [0.15, 0.2) is 18.2 Å². The molecule has 3 heteroatoms. The second-order valence-electron chi connectivity index (χ2n) is 3.57. The Morgan fingerprint density at radius 3 is 2.71 bits per heavy atom. The summed E-state index contributed by atoms with van der Waals surface area (Å²) in [5.74, 6) is 0.149. The Balaban J connectivity index is 2.72. The van der Waals surface area contributed by atoms with E-state index in [1.54, 1.807) is 0 Å². The molecule has 0 aliphatic rings. The van der Waals surface area contributed by atoms with E-state index >= 15 is 0 Å². The van der Waals surface area contributed by atoms with Crippen molar-refractivity contribution < 1.29 is 5.11 Å². The van der Waals surface area contributed by atoms with Crippen LogP contribution in [0.1, 0.15) is 11.1 Å². The molecule has 0 spiro atoms. The van der Waals surface area contributed by atoms with Crippen LogP contribution < -0.4 is 5.73 Å². The molecule has 0 radical (unpaired) electrons. The molecule has 14 heavy (non-hydrogen) atoms.